The highest BCUT2D eigenvalue weighted by molar-refractivity contribution is 4.91. The van der Waals surface area contributed by atoms with Gasteiger partial charge in [0.15, 0.2) is 0 Å². The molecule has 0 aromatic carbocycles. The fraction of sp³-hybridized carbons (Fsp3) is 1.00. The second-order valence-electron chi connectivity index (χ2n) is 6.07. The Balaban J connectivity index is 1.95. The first kappa shape index (κ1) is 14.3. The zero-order chi connectivity index (χ0) is 13.0. The second-order valence-corrected chi connectivity index (χ2v) is 6.07. The molecule has 4 nitrogen and oxygen atoms in total. The van der Waals surface area contributed by atoms with Crippen LogP contribution in [0.2, 0.25) is 0 Å². The van der Waals surface area contributed by atoms with Crippen LogP contribution in [-0.4, -0.2) is 62.0 Å². The minimum atomic E-state index is -0.0228. The first-order valence-corrected chi connectivity index (χ1v) is 7.31. The molecule has 2 aliphatic rings. The van der Waals surface area contributed by atoms with E-state index in [2.05, 4.69) is 31.0 Å². The van der Waals surface area contributed by atoms with E-state index in [1.54, 1.807) is 0 Å². The van der Waals surface area contributed by atoms with Crippen LogP contribution in [0.5, 0.6) is 0 Å². The van der Waals surface area contributed by atoms with Crippen LogP contribution >= 0.6 is 0 Å². The van der Waals surface area contributed by atoms with Gasteiger partial charge in [0.2, 0.25) is 0 Å². The average Bonchev–Trinajstić information content (AvgIpc) is 2.35. The van der Waals surface area contributed by atoms with Crippen LogP contribution in [0.1, 0.15) is 33.6 Å². The molecule has 0 aromatic heterocycles. The molecule has 0 aliphatic carbocycles. The van der Waals surface area contributed by atoms with Crippen LogP contribution in [0.4, 0.5) is 0 Å². The number of nitrogens with one attached hydrogen (secondary N) is 1. The van der Waals surface area contributed by atoms with Crippen molar-refractivity contribution in [2.24, 2.45) is 0 Å². The molecule has 2 heterocycles. The standard InChI is InChI=1S/C14H28N2O2/c1-4-6-15-12-5-8-17-10-13(12)16-7-9-18-14(2,3)11-16/h12-13,15H,4-11H2,1-3H3. The highest BCUT2D eigenvalue weighted by Gasteiger charge is 2.36. The van der Waals surface area contributed by atoms with Crippen molar-refractivity contribution >= 4 is 0 Å². The zero-order valence-corrected chi connectivity index (χ0v) is 12.1. The lowest BCUT2D eigenvalue weighted by atomic mass is 9.98. The molecule has 0 radical (unpaired) electrons. The summed E-state index contributed by atoms with van der Waals surface area (Å²) in [5.41, 5.74) is -0.0228. The molecule has 2 aliphatic heterocycles. The third-order valence-corrected chi connectivity index (χ3v) is 3.91. The zero-order valence-electron chi connectivity index (χ0n) is 12.1. The van der Waals surface area contributed by atoms with E-state index in [0.29, 0.717) is 12.1 Å². The highest BCUT2D eigenvalue weighted by Crippen LogP contribution is 2.22. The summed E-state index contributed by atoms with van der Waals surface area (Å²) in [6.07, 6.45) is 2.32. The molecule has 2 rings (SSSR count). The largest absolute Gasteiger partial charge is 0.380 e. The quantitative estimate of drug-likeness (QED) is 0.821. The van der Waals surface area contributed by atoms with Gasteiger partial charge in [-0.05, 0) is 33.2 Å². The lowest BCUT2D eigenvalue weighted by Gasteiger charge is -2.46. The van der Waals surface area contributed by atoms with Crippen molar-refractivity contribution in [3.05, 3.63) is 0 Å². The Morgan fingerprint density at radius 2 is 2.17 bits per heavy atom. The maximum Gasteiger partial charge on any atom is 0.0753 e. The summed E-state index contributed by atoms with van der Waals surface area (Å²) in [6, 6.07) is 1.08. The fourth-order valence-electron chi connectivity index (χ4n) is 2.99. The molecule has 0 bridgehead atoms. The van der Waals surface area contributed by atoms with Gasteiger partial charge in [-0.25, -0.2) is 0 Å². The summed E-state index contributed by atoms with van der Waals surface area (Å²) in [7, 11) is 0. The van der Waals surface area contributed by atoms with Crippen molar-refractivity contribution in [2.45, 2.75) is 51.3 Å². The van der Waals surface area contributed by atoms with Gasteiger partial charge in [0.25, 0.3) is 0 Å². The normalized spacial score (nSPS) is 33.5. The Morgan fingerprint density at radius 3 is 2.89 bits per heavy atom. The van der Waals surface area contributed by atoms with E-state index in [-0.39, 0.29) is 5.60 Å². The van der Waals surface area contributed by atoms with Gasteiger partial charge in [0.1, 0.15) is 0 Å². The van der Waals surface area contributed by atoms with E-state index >= 15 is 0 Å². The van der Waals surface area contributed by atoms with E-state index in [4.69, 9.17) is 9.47 Å². The number of nitrogens with zero attached hydrogens (tertiary/aromatic N) is 1. The molecule has 2 unspecified atom stereocenters. The Labute approximate surface area is 111 Å². The Hall–Kier alpha value is -0.160. The predicted octanol–water partition coefficient (Wildman–Crippen LogP) is 1.25. The second kappa shape index (κ2) is 6.33. The molecule has 0 aromatic rings. The lowest BCUT2D eigenvalue weighted by molar-refractivity contribution is -0.117. The van der Waals surface area contributed by atoms with Gasteiger partial charge >= 0.3 is 0 Å². The summed E-state index contributed by atoms with van der Waals surface area (Å²) in [5, 5.41) is 3.68. The van der Waals surface area contributed by atoms with Gasteiger partial charge in [-0.15, -0.1) is 0 Å². The van der Waals surface area contributed by atoms with E-state index in [0.717, 1.165) is 45.9 Å². The van der Waals surface area contributed by atoms with E-state index < -0.39 is 0 Å². The molecule has 0 spiro atoms. The van der Waals surface area contributed by atoms with Crippen LogP contribution < -0.4 is 5.32 Å². The molecule has 106 valence electrons. The molecular weight excluding hydrogens is 228 g/mol. The third-order valence-electron chi connectivity index (χ3n) is 3.91. The Bertz CT molecular complexity index is 258. The molecule has 4 heteroatoms. The third kappa shape index (κ3) is 3.67. The fourth-order valence-corrected chi connectivity index (χ4v) is 2.99. The molecule has 0 saturated carbocycles. The van der Waals surface area contributed by atoms with Crippen molar-refractivity contribution in [3.63, 3.8) is 0 Å². The van der Waals surface area contributed by atoms with Crippen molar-refractivity contribution in [2.75, 3.05) is 39.5 Å². The van der Waals surface area contributed by atoms with Crippen LogP contribution in [0.3, 0.4) is 0 Å². The van der Waals surface area contributed by atoms with Crippen molar-refractivity contribution in [1.82, 2.24) is 10.2 Å². The van der Waals surface area contributed by atoms with E-state index in [9.17, 15) is 0 Å². The van der Waals surface area contributed by atoms with Crippen molar-refractivity contribution in [3.8, 4) is 0 Å². The number of hydrogen-bond acceptors (Lipinski definition) is 4. The SMILES string of the molecule is CCCNC1CCOCC1N1CCOC(C)(C)C1. The van der Waals surface area contributed by atoms with E-state index in [1.807, 2.05) is 0 Å². The summed E-state index contributed by atoms with van der Waals surface area (Å²) < 4.78 is 11.5. The lowest BCUT2D eigenvalue weighted by Crippen LogP contribution is -2.61. The van der Waals surface area contributed by atoms with Gasteiger partial charge in [-0.1, -0.05) is 6.92 Å². The maximum atomic E-state index is 5.80. The van der Waals surface area contributed by atoms with Crippen molar-refractivity contribution in [1.29, 1.82) is 0 Å². The summed E-state index contributed by atoms with van der Waals surface area (Å²) in [5.74, 6) is 0. The molecule has 1 N–H and O–H groups in total. The number of hydrogen-bond donors (Lipinski definition) is 1. The monoisotopic (exact) mass is 256 g/mol. The first-order chi connectivity index (χ1) is 8.62. The Morgan fingerprint density at radius 1 is 1.33 bits per heavy atom. The Kier molecular flexibility index (Phi) is 5.01. The van der Waals surface area contributed by atoms with Crippen LogP contribution in [-0.2, 0) is 9.47 Å². The van der Waals surface area contributed by atoms with Gasteiger partial charge in [0, 0.05) is 31.8 Å². The summed E-state index contributed by atoms with van der Waals surface area (Å²) >= 11 is 0. The predicted molar refractivity (Wildman–Crippen MR) is 72.9 cm³/mol. The maximum absolute atomic E-state index is 5.80. The van der Waals surface area contributed by atoms with Gasteiger partial charge in [-0.3, -0.25) is 4.90 Å². The van der Waals surface area contributed by atoms with Crippen LogP contribution in [0.15, 0.2) is 0 Å². The summed E-state index contributed by atoms with van der Waals surface area (Å²) in [4.78, 5) is 2.55. The van der Waals surface area contributed by atoms with Crippen LogP contribution in [0, 0.1) is 0 Å². The van der Waals surface area contributed by atoms with Gasteiger partial charge in [-0.2, -0.15) is 0 Å². The van der Waals surface area contributed by atoms with Gasteiger partial charge < -0.3 is 14.8 Å². The molecule has 0 amide bonds. The van der Waals surface area contributed by atoms with E-state index in [1.165, 1.54) is 6.42 Å². The topological polar surface area (TPSA) is 33.7 Å². The first-order valence-electron chi connectivity index (χ1n) is 7.31. The minimum absolute atomic E-state index is 0.0228. The number of rotatable bonds is 4. The minimum Gasteiger partial charge on any atom is -0.380 e. The molecule has 2 atom stereocenters. The molecule has 2 fully saturated rings. The number of ether oxygens (including phenoxy) is 2. The summed E-state index contributed by atoms with van der Waals surface area (Å²) in [6.45, 7) is 12.3. The van der Waals surface area contributed by atoms with Crippen LogP contribution in [0.25, 0.3) is 0 Å². The van der Waals surface area contributed by atoms with Crippen molar-refractivity contribution < 1.29 is 9.47 Å². The number of morpholine rings is 1. The average molecular weight is 256 g/mol. The smallest absolute Gasteiger partial charge is 0.0753 e. The molecule has 2 saturated heterocycles. The molecule has 18 heavy (non-hydrogen) atoms. The highest BCUT2D eigenvalue weighted by atomic mass is 16.5. The van der Waals surface area contributed by atoms with Gasteiger partial charge in [0.05, 0.1) is 18.8 Å². The molecular formula is C14H28N2O2.